The maximum atomic E-state index is 2.74. The summed E-state index contributed by atoms with van der Waals surface area (Å²) >= 11 is 0. The van der Waals surface area contributed by atoms with Gasteiger partial charge in [-0.3, -0.25) is 0 Å². The van der Waals surface area contributed by atoms with Crippen LogP contribution in [0.3, 0.4) is 0 Å². The standard InChI is InChI=1S/C84H78N4/c1-5-22-55-26-17-32-61(50-55)85-76-39-15-14-37-69(76)73-54-63(44-49-78(73)85)86(74-41-19-30-57-28-9-11-34-64(57)74)80-52-59(24-7-3)66-46-48-72-81(53-60(25-8-4)67-45-47-71(80)82(66)83(67)72)88(75-42-20-31-58-29-10-12-35-65(58)75)79-43-21-38-70-68-36-13-16-40-77(68)87(84(70)79)62-33-18-27-56(51-62)23-6-2/h13-21,26-27,30-33,36-54H,5-12,22-25,28-29,34-35H2,1-4H3. The third-order valence-corrected chi connectivity index (χ3v) is 20.0. The van der Waals surface area contributed by atoms with Gasteiger partial charge in [0.1, 0.15) is 0 Å². The fraction of sp³-hybridized carbons (Fsp3) is 0.238. The largest absolute Gasteiger partial charge is 0.310 e. The van der Waals surface area contributed by atoms with Crippen LogP contribution in [-0.2, 0) is 51.4 Å². The molecule has 0 spiro atoms. The monoisotopic (exact) mass is 1140 g/mol. The molecule has 434 valence electrons. The Morgan fingerprint density at radius 2 is 0.784 bits per heavy atom. The second kappa shape index (κ2) is 22.5. The summed E-state index contributed by atoms with van der Waals surface area (Å²) in [5, 5.41) is 13.2. The molecule has 2 aliphatic rings. The molecule has 14 aromatic rings. The molecule has 2 aliphatic carbocycles. The van der Waals surface area contributed by atoms with Crippen LogP contribution in [0.2, 0.25) is 0 Å². The lowest BCUT2D eigenvalue weighted by Crippen LogP contribution is -2.17. The highest BCUT2D eigenvalue weighted by molar-refractivity contribution is 6.30. The quantitative estimate of drug-likeness (QED) is 0.0897. The minimum absolute atomic E-state index is 0.976. The molecule has 0 unspecified atom stereocenters. The molecule has 0 fully saturated rings. The van der Waals surface area contributed by atoms with Gasteiger partial charge in [-0.25, -0.2) is 0 Å². The smallest absolute Gasteiger partial charge is 0.0782 e. The molecular weight excluding hydrogens is 1060 g/mol. The molecule has 88 heavy (non-hydrogen) atoms. The van der Waals surface area contributed by atoms with E-state index in [9.17, 15) is 0 Å². The van der Waals surface area contributed by atoms with E-state index in [4.69, 9.17) is 0 Å². The first kappa shape index (κ1) is 54.3. The van der Waals surface area contributed by atoms with Crippen LogP contribution in [-0.4, -0.2) is 9.13 Å². The number of para-hydroxylation sites is 3. The fourth-order valence-corrected chi connectivity index (χ4v) is 16.3. The number of hydrogen-bond acceptors (Lipinski definition) is 2. The highest BCUT2D eigenvalue weighted by Crippen LogP contribution is 2.53. The van der Waals surface area contributed by atoms with Crippen LogP contribution in [0.4, 0.5) is 34.1 Å². The molecular formula is C84H78N4. The van der Waals surface area contributed by atoms with E-state index in [0.717, 1.165) is 77.0 Å². The summed E-state index contributed by atoms with van der Waals surface area (Å²) in [7, 11) is 0. The van der Waals surface area contributed by atoms with Crippen LogP contribution in [0.25, 0.3) is 87.3 Å². The van der Waals surface area contributed by atoms with E-state index in [1.807, 2.05) is 0 Å². The van der Waals surface area contributed by atoms with Crippen LogP contribution < -0.4 is 9.80 Å². The molecule has 2 aromatic heterocycles. The average Bonchev–Trinajstić information content (AvgIpc) is 0.875. The van der Waals surface area contributed by atoms with Gasteiger partial charge in [0, 0.05) is 60.8 Å². The van der Waals surface area contributed by atoms with Gasteiger partial charge in [0.15, 0.2) is 0 Å². The van der Waals surface area contributed by atoms with E-state index in [0.29, 0.717) is 0 Å². The van der Waals surface area contributed by atoms with Crippen molar-refractivity contribution in [3.8, 4) is 11.4 Å². The van der Waals surface area contributed by atoms with Crippen LogP contribution in [0, 0.1) is 0 Å². The average molecular weight is 1140 g/mol. The molecule has 2 heterocycles. The van der Waals surface area contributed by atoms with Crippen molar-refractivity contribution >= 4 is 110 Å². The number of anilines is 6. The van der Waals surface area contributed by atoms with Gasteiger partial charge < -0.3 is 18.9 Å². The summed E-state index contributed by atoms with van der Waals surface area (Å²) in [6, 6.07) is 80.9. The molecule has 4 nitrogen and oxygen atoms in total. The number of rotatable bonds is 16. The predicted octanol–water partition coefficient (Wildman–Crippen LogP) is 23.3. The van der Waals surface area contributed by atoms with Gasteiger partial charge in [0.2, 0.25) is 0 Å². The zero-order valence-electron chi connectivity index (χ0n) is 51.7. The maximum absolute atomic E-state index is 2.74. The van der Waals surface area contributed by atoms with Crippen molar-refractivity contribution in [2.24, 2.45) is 0 Å². The summed E-state index contributed by atoms with van der Waals surface area (Å²) in [5.41, 5.74) is 26.4. The lowest BCUT2D eigenvalue weighted by molar-refractivity contribution is 0.686. The van der Waals surface area contributed by atoms with E-state index in [1.54, 1.807) is 0 Å². The number of fused-ring (bicyclic) bond motifs is 8. The van der Waals surface area contributed by atoms with Crippen LogP contribution in [0.15, 0.2) is 206 Å². The lowest BCUT2D eigenvalue weighted by atomic mass is 9.85. The van der Waals surface area contributed by atoms with Gasteiger partial charge in [-0.1, -0.05) is 175 Å². The van der Waals surface area contributed by atoms with Crippen LogP contribution in [0.5, 0.6) is 0 Å². The number of aromatic nitrogens is 2. The first-order valence-corrected chi connectivity index (χ1v) is 33.3. The summed E-state index contributed by atoms with van der Waals surface area (Å²) in [6.45, 7) is 9.29. The van der Waals surface area contributed by atoms with E-state index in [-0.39, 0.29) is 0 Å². The van der Waals surface area contributed by atoms with Crippen LogP contribution in [0.1, 0.15) is 124 Å². The number of nitrogens with zero attached hydrogens (tertiary/aromatic N) is 4. The van der Waals surface area contributed by atoms with Gasteiger partial charge in [-0.15, -0.1) is 0 Å². The lowest BCUT2D eigenvalue weighted by Gasteiger charge is -2.34. The van der Waals surface area contributed by atoms with Crippen molar-refractivity contribution in [2.45, 2.75) is 130 Å². The molecule has 4 heteroatoms. The SMILES string of the molecule is CCCc1cccc(-n2c3ccccc3c3cc(N(c4cccc5c4CCCC5)c4cc(CCC)c5ccc6c(N(c7cccc8c7CCCC8)c7cccc8c9ccccc9n(-c9cccc(CCC)c9)c78)cc(CCC)c7ccc4c5c76)ccc32)c1. The predicted molar refractivity (Wildman–Crippen MR) is 377 cm³/mol. The number of benzene rings is 12. The summed E-state index contributed by atoms with van der Waals surface area (Å²) in [5.74, 6) is 0. The Kier molecular flexibility index (Phi) is 13.9. The van der Waals surface area contributed by atoms with Gasteiger partial charge in [-0.2, -0.15) is 0 Å². The minimum atomic E-state index is 0.976. The van der Waals surface area contributed by atoms with Crippen molar-refractivity contribution in [1.82, 2.24) is 9.13 Å². The van der Waals surface area contributed by atoms with E-state index >= 15 is 0 Å². The Morgan fingerprint density at radius 3 is 1.39 bits per heavy atom. The summed E-state index contributed by atoms with van der Waals surface area (Å²) < 4.78 is 5.09. The van der Waals surface area contributed by atoms with Crippen molar-refractivity contribution < 1.29 is 0 Å². The van der Waals surface area contributed by atoms with Crippen molar-refractivity contribution in [3.63, 3.8) is 0 Å². The van der Waals surface area contributed by atoms with Gasteiger partial charge in [0.25, 0.3) is 0 Å². The van der Waals surface area contributed by atoms with Gasteiger partial charge >= 0.3 is 0 Å². The molecule has 0 saturated heterocycles. The molecule has 0 radical (unpaired) electrons. The second-order valence-electron chi connectivity index (χ2n) is 25.5. The minimum Gasteiger partial charge on any atom is -0.310 e. The van der Waals surface area contributed by atoms with Crippen molar-refractivity contribution in [2.75, 3.05) is 9.80 Å². The van der Waals surface area contributed by atoms with E-state index in [2.05, 4.69) is 253 Å². The topological polar surface area (TPSA) is 16.3 Å². The molecule has 12 aromatic carbocycles. The molecule has 0 aliphatic heterocycles. The van der Waals surface area contributed by atoms with Crippen molar-refractivity contribution in [3.05, 3.63) is 251 Å². The van der Waals surface area contributed by atoms with Gasteiger partial charge in [-0.05, 0) is 228 Å². The van der Waals surface area contributed by atoms with E-state index in [1.165, 1.54) is 192 Å². The van der Waals surface area contributed by atoms with E-state index < -0.39 is 0 Å². The van der Waals surface area contributed by atoms with Crippen LogP contribution >= 0.6 is 0 Å². The Bertz CT molecular complexity index is 5010. The highest BCUT2D eigenvalue weighted by atomic mass is 15.2. The zero-order valence-corrected chi connectivity index (χ0v) is 51.7. The molecule has 0 amide bonds. The Morgan fingerprint density at radius 1 is 0.318 bits per heavy atom. The summed E-state index contributed by atoms with van der Waals surface area (Å²) in [6.07, 6.45) is 17.6. The Balaban J connectivity index is 0.998. The second-order valence-corrected chi connectivity index (χ2v) is 25.5. The van der Waals surface area contributed by atoms with Gasteiger partial charge in [0.05, 0.1) is 39.1 Å². The molecule has 16 rings (SSSR count). The first-order chi connectivity index (χ1) is 43.5. The zero-order chi connectivity index (χ0) is 59.0. The fourth-order valence-electron chi connectivity index (χ4n) is 16.3. The molecule has 0 bridgehead atoms. The normalized spacial score (nSPS) is 13.5. The Hall–Kier alpha value is -9.12. The third kappa shape index (κ3) is 8.83. The molecule has 0 saturated carbocycles. The summed E-state index contributed by atoms with van der Waals surface area (Å²) in [4.78, 5) is 5.44. The van der Waals surface area contributed by atoms with Crippen molar-refractivity contribution in [1.29, 1.82) is 0 Å². The molecule has 0 N–H and O–H groups in total. The highest BCUT2D eigenvalue weighted by Gasteiger charge is 2.31. The molecule has 0 atom stereocenters. The Labute approximate surface area is 518 Å². The third-order valence-electron chi connectivity index (χ3n) is 20.0. The number of aryl methyl sites for hydroxylation is 6. The maximum Gasteiger partial charge on any atom is 0.0782 e. The number of hydrogen-bond donors (Lipinski definition) is 0. The first-order valence-electron chi connectivity index (χ1n) is 33.3.